The van der Waals surface area contributed by atoms with Gasteiger partial charge >= 0.3 is 0 Å². The molecule has 0 N–H and O–H groups in total. The Hall–Kier alpha value is -2.33. The molecule has 120 valence electrons. The monoisotopic (exact) mass is 309 g/mol. The van der Waals surface area contributed by atoms with Gasteiger partial charge in [-0.3, -0.25) is 0 Å². The van der Waals surface area contributed by atoms with Crippen molar-refractivity contribution in [1.82, 2.24) is 14.3 Å². The molecule has 0 aliphatic carbocycles. The number of aromatic nitrogens is 2. The van der Waals surface area contributed by atoms with Crippen LogP contribution in [0.4, 0.5) is 0 Å². The molecule has 0 aliphatic heterocycles. The summed E-state index contributed by atoms with van der Waals surface area (Å²) in [5, 5.41) is 0. The molecule has 0 saturated heterocycles. The van der Waals surface area contributed by atoms with Gasteiger partial charge in [-0.25, -0.2) is 4.98 Å². The Bertz CT molecular complexity index is 752. The highest BCUT2D eigenvalue weighted by molar-refractivity contribution is 5.41. The van der Waals surface area contributed by atoms with E-state index >= 15 is 0 Å². The Labute approximate surface area is 137 Å². The average molecular weight is 309 g/mol. The minimum atomic E-state index is 0.735. The van der Waals surface area contributed by atoms with E-state index in [-0.39, 0.29) is 0 Å². The fourth-order valence-electron chi connectivity index (χ4n) is 2.67. The average Bonchev–Trinajstić information content (AvgIpc) is 2.96. The number of fused-ring (bicyclic) bond motifs is 1. The lowest BCUT2D eigenvalue weighted by molar-refractivity contribution is 0.257. The Morgan fingerprint density at radius 3 is 2.70 bits per heavy atom. The topological polar surface area (TPSA) is 29.8 Å². The quantitative estimate of drug-likeness (QED) is 0.625. The lowest BCUT2D eigenvalue weighted by Crippen LogP contribution is -2.21. The van der Waals surface area contributed by atoms with E-state index in [1.807, 2.05) is 42.5 Å². The molecule has 3 rings (SSSR count). The van der Waals surface area contributed by atoms with Gasteiger partial charge in [0.05, 0.1) is 12.3 Å². The van der Waals surface area contributed by atoms with Gasteiger partial charge in [0.15, 0.2) is 0 Å². The van der Waals surface area contributed by atoms with E-state index in [4.69, 9.17) is 4.74 Å². The number of pyridine rings is 1. The molecule has 4 nitrogen and oxygen atoms in total. The van der Waals surface area contributed by atoms with E-state index in [0.29, 0.717) is 0 Å². The highest BCUT2D eigenvalue weighted by Gasteiger charge is 2.06. The lowest BCUT2D eigenvalue weighted by Gasteiger charge is -2.15. The van der Waals surface area contributed by atoms with Crippen LogP contribution in [0.2, 0.25) is 0 Å². The Morgan fingerprint density at radius 2 is 1.91 bits per heavy atom. The van der Waals surface area contributed by atoms with Crippen molar-refractivity contribution >= 4 is 5.65 Å². The molecule has 0 amide bonds. The van der Waals surface area contributed by atoms with Crippen molar-refractivity contribution in [2.24, 2.45) is 0 Å². The second-order valence-electron chi connectivity index (χ2n) is 5.88. The van der Waals surface area contributed by atoms with Gasteiger partial charge < -0.3 is 14.0 Å². The van der Waals surface area contributed by atoms with E-state index < -0.39 is 0 Å². The molecule has 0 spiro atoms. The van der Waals surface area contributed by atoms with E-state index in [9.17, 15) is 0 Å². The fourth-order valence-corrected chi connectivity index (χ4v) is 2.67. The largest absolute Gasteiger partial charge is 0.494 e. The molecular weight excluding hydrogens is 286 g/mol. The number of imidazole rings is 1. The standard InChI is InChI=1S/C19H23N3O/c1-16-8-6-11-19-20-17(15-22(16)19)14-21(2)12-7-13-23-18-9-4-3-5-10-18/h3-6,8-11,15H,7,12-14H2,1-2H3. The zero-order valence-corrected chi connectivity index (χ0v) is 13.8. The molecular formula is C19H23N3O. The Morgan fingerprint density at radius 1 is 1.09 bits per heavy atom. The van der Waals surface area contributed by atoms with Gasteiger partial charge in [0, 0.05) is 25.0 Å². The van der Waals surface area contributed by atoms with E-state index in [1.165, 1.54) is 5.69 Å². The summed E-state index contributed by atoms with van der Waals surface area (Å²) >= 11 is 0. The van der Waals surface area contributed by atoms with Gasteiger partial charge in [0.25, 0.3) is 0 Å². The normalized spacial score (nSPS) is 11.3. The zero-order valence-electron chi connectivity index (χ0n) is 13.8. The number of rotatable bonds is 7. The molecule has 0 atom stereocenters. The number of aryl methyl sites for hydroxylation is 1. The Kier molecular flexibility index (Phi) is 4.93. The molecule has 0 unspecified atom stereocenters. The summed E-state index contributed by atoms with van der Waals surface area (Å²) in [5.41, 5.74) is 3.33. The summed E-state index contributed by atoms with van der Waals surface area (Å²) in [6.45, 7) is 4.67. The number of ether oxygens (including phenoxy) is 1. The second kappa shape index (κ2) is 7.29. The van der Waals surface area contributed by atoms with Crippen LogP contribution in [0.15, 0.2) is 54.7 Å². The molecule has 0 fully saturated rings. The maximum atomic E-state index is 5.72. The maximum absolute atomic E-state index is 5.72. The third kappa shape index (κ3) is 4.11. The number of para-hydroxylation sites is 1. The van der Waals surface area contributed by atoms with E-state index in [1.54, 1.807) is 0 Å². The van der Waals surface area contributed by atoms with Crippen molar-refractivity contribution in [2.45, 2.75) is 19.9 Å². The van der Waals surface area contributed by atoms with Gasteiger partial charge in [0.2, 0.25) is 0 Å². The third-order valence-electron chi connectivity index (χ3n) is 3.87. The second-order valence-corrected chi connectivity index (χ2v) is 5.88. The molecule has 2 aromatic heterocycles. The zero-order chi connectivity index (χ0) is 16.1. The molecule has 1 aromatic carbocycles. The van der Waals surface area contributed by atoms with Gasteiger partial charge in [-0.1, -0.05) is 24.3 Å². The van der Waals surface area contributed by atoms with Crippen LogP contribution in [0, 0.1) is 6.92 Å². The van der Waals surface area contributed by atoms with Crippen molar-refractivity contribution in [3.63, 3.8) is 0 Å². The van der Waals surface area contributed by atoms with Gasteiger partial charge in [0.1, 0.15) is 11.4 Å². The number of hydrogen-bond acceptors (Lipinski definition) is 3. The molecule has 3 aromatic rings. The summed E-state index contributed by atoms with van der Waals surface area (Å²) in [6, 6.07) is 16.2. The first-order chi connectivity index (χ1) is 11.2. The first-order valence-electron chi connectivity index (χ1n) is 8.02. The van der Waals surface area contributed by atoms with Gasteiger partial charge in [-0.15, -0.1) is 0 Å². The lowest BCUT2D eigenvalue weighted by atomic mass is 10.3. The molecule has 2 heterocycles. The van der Waals surface area contributed by atoms with Crippen molar-refractivity contribution in [1.29, 1.82) is 0 Å². The number of benzene rings is 1. The Balaban J connectivity index is 1.47. The number of nitrogens with zero attached hydrogens (tertiary/aromatic N) is 3. The van der Waals surface area contributed by atoms with Crippen LogP contribution in [0.1, 0.15) is 17.8 Å². The predicted octanol–water partition coefficient (Wildman–Crippen LogP) is 3.54. The van der Waals surface area contributed by atoms with Gasteiger partial charge in [-0.2, -0.15) is 0 Å². The number of hydrogen-bond donors (Lipinski definition) is 0. The van der Waals surface area contributed by atoms with Crippen LogP contribution < -0.4 is 4.74 Å². The summed E-state index contributed by atoms with van der Waals surface area (Å²) in [4.78, 5) is 6.96. The van der Waals surface area contributed by atoms with Crippen LogP contribution in [0.25, 0.3) is 5.65 Å². The first kappa shape index (κ1) is 15.6. The van der Waals surface area contributed by atoms with Crippen molar-refractivity contribution in [3.8, 4) is 5.75 Å². The van der Waals surface area contributed by atoms with Crippen LogP contribution in [-0.4, -0.2) is 34.5 Å². The molecule has 23 heavy (non-hydrogen) atoms. The van der Waals surface area contributed by atoms with Gasteiger partial charge in [-0.05, 0) is 44.7 Å². The summed E-state index contributed by atoms with van der Waals surface area (Å²) < 4.78 is 7.86. The first-order valence-corrected chi connectivity index (χ1v) is 8.02. The molecule has 0 saturated carbocycles. The van der Waals surface area contributed by atoms with E-state index in [2.05, 4.69) is 40.5 Å². The summed E-state index contributed by atoms with van der Waals surface area (Å²) in [7, 11) is 2.12. The molecule has 0 bridgehead atoms. The minimum Gasteiger partial charge on any atom is -0.494 e. The predicted molar refractivity (Wildman–Crippen MR) is 92.8 cm³/mol. The molecule has 0 radical (unpaired) electrons. The van der Waals surface area contributed by atoms with Crippen LogP contribution in [-0.2, 0) is 6.54 Å². The van der Waals surface area contributed by atoms with E-state index in [0.717, 1.165) is 43.2 Å². The molecule has 0 aliphatic rings. The highest BCUT2D eigenvalue weighted by Crippen LogP contribution is 2.11. The molecule has 4 heteroatoms. The van der Waals surface area contributed by atoms with Crippen LogP contribution in [0.5, 0.6) is 5.75 Å². The highest BCUT2D eigenvalue weighted by atomic mass is 16.5. The fraction of sp³-hybridized carbons (Fsp3) is 0.316. The summed E-state index contributed by atoms with van der Waals surface area (Å²) in [5.74, 6) is 0.936. The van der Waals surface area contributed by atoms with Crippen LogP contribution in [0.3, 0.4) is 0 Å². The SMILES string of the molecule is Cc1cccc2nc(CN(C)CCCOc3ccccc3)cn12. The maximum Gasteiger partial charge on any atom is 0.137 e. The van der Waals surface area contributed by atoms with Crippen molar-refractivity contribution < 1.29 is 4.74 Å². The van der Waals surface area contributed by atoms with Crippen molar-refractivity contribution in [2.75, 3.05) is 20.2 Å². The summed E-state index contributed by atoms with van der Waals surface area (Å²) in [6.07, 6.45) is 3.12. The third-order valence-corrected chi connectivity index (χ3v) is 3.87. The van der Waals surface area contributed by atoms with Crippen molar-refractivity contribution in [3.05, 3.63) is 66.1 Å². The minimum absolute atomic E-state index is 0.735. The van der Waals surface area contributed by atoms with Crippen LogP contribution >= 0.6 is 0 Å². The smallest absolute Gasteiger partial charge is 0.137 e.